The first-order chi connectivity index (χ1) is 12.8. The molecule has 2 rings (SSSR count). The van der Waals surface area contributed by atoms with Gasteiger partial charge in [-0.25, -0.2) is 13.6 Å². The highest BCUT2D eigenvalue weighted by atomic mass is 32.2. The van der Waals surface area contributed by atoms with Gasteiger partial charge in [0.25, 0.3) is 0 Å². The Morgan fingerprint density at radius 2 is 1.59 bits per heavy atom. The number of hydrogen-bond acceptors (Lipinski definition) is 4. The Morgan fingerprint density at radius 1 is 0.963 bits per heavy atom. The fourth-order valence-corrected chi connectivity index (χ4v) is 2.98. The number of nitrogens with two attached hydrogens (primary N) is 1. The van der Waals surface area contributed by atoms with Crippen LogP contribution in [0.2, 0.25) is 0 Å². The van der Waals surface area contributed by atoms with Crippen molar-refractivity contribution in [2.24, 2.45) is 5.14 Å². The molecule has 144 valence electrons. The Kier molecular flexibility index (Phi) is 7.09. The second kappa shape index (κ2) is 9.29. The monoisotopic (exact) mass is 389 g/mol. The van der Waals surface area contributed by atoms with E-state index in [1.165, 1.54) is 12.1 Å². The van der Waals surface area contributed by atoms with Gasteiger partial charge in [-0.05, 0) is 42.2 Å². The maximum absolute atomic E-state index is 11.9. The number of benzene rings is 2. The highest BCUT2D eigenvalue weighted by Crippen LogP contribution is 2.09. The molecule has 0 unspecified atom stereocenters. The Balaban J connectivity index is 1.71. The van der Waals surface area contributed by atoms with Crippen LogP contribution in [0.1, 0.15) is 23.1 Å². The average Bonchev–Trinajstić information content (AvgIpc) is 2.60. The SMILES string of the molecule is Cc1ccccc1CNC(=O)CC(=O)NCCc1ccc(S(N)(=O)=O)cc1. The molecular weight excluding hydrogens is 366 g/mol. The number of primary sulfonamides is 1. The van der Waals surface area contributed by atoms with Crippen LogP contribution in [0, 0.1) is 6.92 Å². The lowest BCUT2D eigenvalue weighted by Crippen LogP contribution is -2.32. The summed E-state index contributed by atoms with van der Waals surface area (Å²) in [5, 5.41) is 10.4. The molecule has 0 bridgehead atoms. The minimum absolute atomic E-state index is 0.0422. The number of rotatable bonds is 8. The molecule has 0 fully saturated rings. The summed E-state index contributed by atoms with van der Waals surface area (Å²) in [5.41, 5.74) is 2.94. The zero-order valence-corrected chi connectivity index (χ0v) is 15.9. The molecule has 0 aliphatic rings. The largest absolute Gasteiger partial charge is 0.355 e. The molecule has 4 N–H and O–H groups in total. The van der Waals surface area contributed by atoms with E-state index in [1.807, 2.05) is 31.2 Å². The maximum atomic E-state index is 11.9. The normalized spacial score (nSPS) is 11.0. The van der Waals surface area contributed by atoms with Crippen molar-refractivity contribution in [3.63, 3.8) is 0 Å². The van der Waals surface area contributed by atoms with E-state index in [2.05, 4.69) is 10.6 Å². The van der Waals surface area contributed by atoms with Crippen molar-refractivity contribution in [3.8, 4) is 0 Å². The first kappa shape index (κ1) is 20.6. The van der Waals surface area contributed by atoms with E-state index in [0.29, 0.717) is 19.5 Å². The molecule has 7 nitrogen and oxygen atoms in total. The van der Waals surface area contributed by atoms with Gasteiger partial charge in [0.15, 0.2) is 0 Å². The summed E-state index contributed by atoms with van der Waals surface area (Å²) in [6, 6.07) is 13.8. The lowest BCUT2D eigenvalue weighted by Gasteiger charge is -2.08. The van der Waals surface area contributed by atoms with E-state index in [-0.39, 0.29) is 23.1 Å². The lowest BCUT2D eigenvalue weighted by atomic mass is 10.1. The summed E-state index contributed by atoms with van der Waals surface area (Å²) < 4.78 is 22.4. The van der Waals surface area contributed by atoms with Gasteiger partial charge in [0, 0.05) is 13.1 Å². The van der Waals surface area contributed by atoms with Crippen LogP contribution in [0.15, 0.2) is 53.4 Å². The minimum atomic E-state index is -3.71. The van der Waals surface area contributed by atoms with Gasteiger partial charge < -0.3 is 10.6 Å². The summed E-state index contributed by atoms with van der Waals surface area (Å²) in [5.74, 6) is -0.702. The summed E-state index contributed by atoms with van der Waals surface area (Å²) in [6.07, 6.45) is 0.276. The predicted molar refractivity (Wildman–Crippen MR) is 102 cm³/mol. The molecule has 0 atom stereocenters. The third-order valence-electron chi connectivity index (χ3n) is 4.05. The van der Waals surface area contributed by atoms with Crippen LogP contribution in [0.3, 0.4) is 0 Å². The zero-order chi connectivity index (χ0) is 19.9. The maximum Gasteiger partial charge on any atom is 0.238 e. The van der Waals surface area contributed by atoms with Crippen molar-refractivity contribution in [1.29, 1.82) is 0 Å². The topological polar surface area (TPSA) is 118 Å². The fraction of sp³-hybridized carbons (Fsp3) is 0.263. The van der Waals surface area contributed by atoms with Crippen LogP contribution >= 0.6 is 0 Å². The predicted octanol–water partition coefficient (Wildman–Crippen LogP) is 1.01. The van der Waals surface area contributed by atoms with Gasteiger partial charge in [-0.15, -0.1) is 0 Å². The summed E-state index contributed by atoms with van der Waals surface area (Å²) in [6.45, 7) is 2.69. The Bertz CT molecular complexity index is 909. The third kappa shape index (κ3) is 6.84. The molecule has 2 aromatic rings. The molecule has 0 radical (unpaired) electrons. The molecule has 0 heterocycles. The summed E-state index contributed by atoms with van der Waals surface area (Å²) >= 11 is 0. The molecule has 0 aliphatic heterocycles. The first-order valence-corrected chi connectivity index (χ1v) is 10.00. The molecule has 27 heavy (non-hydrogen) atoms. The van der Waals surface area contributed by atoms with Gasteiger partial charge in [0.2, 0.25) is 21.8 Å². The van der Waals surface area contributed by atoms with Gasteiger partial charge in [-0.2, -0.15) is 0 Å². The van der Waals surface area contributed by atoms with Crippen LogP contribution in [0.5, 0.6) is 0 Å². The average molecular weight is 389 g/mol. The standard InChI is InChI=1S/C19H23N3O4S/c1-14-4-2-3-5-16(14)13-22-19(24)12-18(23)21-11-10-15-6-8-17(9-7-15)27(20,25)26/h2-9H,10-13H2,1H3,(H,21,23)(H,22,24)(H2,20,25,26). The molecule has 2 aromatic carbocycles. The van der Waals surface area contributed by atoms with Gasteiger partial charge in [0.1, 0.15) is 6.42 Å². The molecule has 0 spiro atoms. The zero-order valence-electron chi connectivity index (χ0n) is 15.1. The molecule has 2 amide bonds. The van der Waals surface area contributed by atoms with Crippen LogP contribution in [0.4, 0.5) is 0 Å². The number of nitrogens with one attached hydrogen (secondary N) is 2. The molecule has 8 heteroatoms. The first-order valence-electron chi connectivity index (χ1n) is 8.45. The molecule has 0 saturated heterocycles. The summed E-state index contributed by atoms with van der Waals surface area (Å²) in [7, 11) is -3.71. The number of hydrogen-bond donors (Lipinski definition) is 3. The Morgan fingerprint density at radius 3 is 2.22 bits per heavy atom. The Labute approximate surface area is 159 Å². The number of amides is 2. The highest BCUT2D eigenvalue weighted by Gasteiger charge is 2.10. The second-order valence-corrected chi connectivity index (χ2v) is 7.73. The number of carbonyl (C=O) groups is 2. The third-order valence-corrected chi connectivity index (χ3v) is 4.98. The van der Waals surface area contributed by atoms with E-state index in [4.69, 9.17) is 5.14 Å². The number of sulfonamides is 1. The van der Waals surface area contributed by atoms with Crippen molar-refractivity contribution in [2.45, 2.75) is 31.2 Å². The minimum Gasteiger partial charge on any atom is -0.355 e. The van der Waals surface area contributed by atoms with Crippen LogP contribution in [0.25, 0.3) is 0 Å². The molecule has 0 aromatic heterocycles. The number of carbonyl (C=O) groups excluding carboxylic acids is 2. The van der Waals surface area contributed by atoms with Gasteiger partial charge in [0.05, 0.1) is 4.90 Å². The van der Waals surface area contributed by atoms with E-state index >= 15 is 0 Å². The van der Waals surface area contributed by atoms with Crippen molar-refractivity contribution in [3.05, 3.63) is 65.2 Å². The van der Waals surface area contributed by atoms with E-state index in [1.54, 1.807) is 12.1 Å². The van der Waals surface area contributed by atoms with Crippen LogP contribution < -0.4 is 15.8 Å². The van der Waals surface area contributed by atoms with Crippen molar-refractivity contribution in [2.75, 3.05) is 6.54 Å². The highest BCUT2D eigenvalue weighted by molar-refractivity contribution is 7.89. The van der Waals surface area contributed by atoms with Crippen molar-refractivity contribution in [1.82, 2.24) is 10.6 Å². The van der Waals surface area contributed by atoms with Crippen LogP contribution in [-0.4, -0.2) is 26.8 Å². The van der Waals surface area contributed by atoms with E-state index < -0.39 is 10.0 Å². The molecular formula is C19H23N3O4S. The molecule has 0 aliphatic carbocycles. The smallest absolute Gasteiger partial charge is 0.238 e. The lowest BCUT2D eigenvalue weighted by molar-refractivity contribution is -0.129. The second-order valence-electron chi connectivity index (χ2n) is 6.17. The molecule has 0 saturated carbocycles. The van der Waals surface area contributed by atoms with Crippen molar-refractivity contribution >= 4 is 21.8 Å². The van der Waals surface area contributed by atoms with Gasteiger partial charge in [-0.1, -0.05) is 36.4 Å². The Hall–Kier alpha value is -2.71. The van der Waals surface area contributed by atoms with E-state index in [0.717, 1.165) is 16.7 Å². The van der Waals surface area contributed by atoms with E-state index in [9.17, 15) is 18.0 Å². The van der Waals surface area contributed by atoms with Gasteiger partial charge in [-0.3, -0.25) is 9.59 Å². The number of aryl methyl sites for hydroxylation is 1. The van der Waals surface area contributed by atoms with Crippen LogP contribution in [-0.2, 0) is 32.6 Å². The quantitative estimate of drug-likeness (QED) is 0.584. The van der Waals surface area contributed by atoms with Gasteiger partial charge >= 0.3 is 0 Å². The van der Waals surface area contributed by atoms with Crippen molar-refractivity contribution < 1.29 is 18.0 Å². The fourth-order valence-electron chi connectivity index (χ4n) is 2.47. The summed E-state index contributed by atoms with van der Waals surface area (Å²) in [4.78, 5) is 23.7.